The van der Waals surface area contributed by atoms with Gasteiger partial charge in [-0.2, -0.15) is 4.31 Å². The Morgan fingerprint density at radius 3 is 2.96 bits per heavy atom. The van der Waals surface area contributed by atoms with Crippen LogP contribution in [0.5, 0.6) is 0 Å². The number of pyridine rings is 1. The van der Waals surface area contributed by atoms with Gasteiger partial charge in [0.15, 0.2) is 0 Å². The molecule has 0 aromatic carbocycles. The largest absolute Gasteiger partial charge is 0.478 e. The van der Waals surface area contributed by atoms with Gasteiger partial charge in [-0.15, -0.1) is 11.3 Å². The normalized spacial score (nSPS) is 14.6. The van der Waals surface area contributed by atoms with Crippen molar-refractivity contribution in [2.75, 3.05) is 13.6 Å². The second-order valence-electron chi connectivity index (χ2n) is 5.52. The molecule has 9 heteroatoms. The van der Waals surface area contributed by atoms with Crippen LogP contribution in [0.4, 0.5) is 0 Å². The number of carboxylic acids is 1. The van der Waals surface area contributed by atoms with Crippen LogP contribution in [-0.2, 0) is 29.5 Å². The molecular formula is C15H17N3O4S2. The van der Waals surface area contributed by atoms with Crippen molar-refractivity contribution in [1.29, 1.82) is 0 Å². The Balaban J connectivity index is 2.00. The predicted molar refractivity (Wildman–Crippen MR) is 89.6 cm³/mol. The van der Waals surface area contributed by atoms with Gasteiger partial charge in [-0.3, -0.25) is 4.98 Å². The van der Waals surface area contributed by atoms with E-state index in [0.29, 0.717) is 25.1 Å². The minimum atomic E-state index is -3.89. The molecule has 1 aliphatic heterocycles. The molecule has 0 fully saturated rings. The molecule has 2 aromatic rings. The van der Waals surface area contributed by atoms with Gasteiger partial charge in [-0.1, -0.05) is 6.07 Å². The SMILES string of the molecule is CN(Cc1cccnc1)S(=O)(=O)c1sc2c(c1C(=O)O)CCNC2. The average Bonchev–Trinajstić information content (AvgIpc) is 2.96. The third-order valence-corrected chi connectivity index (χ3v) is 7.41. The van der Waals surface area contributed by atoms with Crippen molar-refractivity contribution in [1.82, 2.24) is 14.6 Å². The van der Waals surface area contributed by atoms with Crippen molar-refractivity contribution in [3.8, 4) is 0 Å². The molecular weight excluding hydrogens is 350 g/mol. The van der Waals surface area contributed by atoms with E-state index in [1.165, 1.54) is 11.4 Å². The lowest BCUT2D eigenvalue weighted by atomic mass is 10.1. The molecule has 0 amide bonds. The Morgan fingerprint density at radius 1 is 1.50 bits per heavy atom. The fourth-order valence-corrected chi connectivity index (χ4v) is 5.90. The van der Waals surface area contributed by atoms with E-state index in [0.717, 1.165) is 21.8 Å². The monoisotopic (exact) mass is 367 g/mol. The highest BCUT2D eigenvalue weighted by molar-refractivity contribution is 7.91. The van der Waals surface area contributed by atoms with Crippen LogP contribution in [0.1, 0.15) is 26.4 Å². The highest BCUT2D eigenvalue weighted by atomic mass is 32.2. The Kier molecular flexibility index (Phi) is 4.68. The van der Waals surface area contributed by atoms with Crippen molar-refractivity contribution in [3.05, 3.63) is 46.1 Å². The molecule has 2 N–H and O–H groups in total. The van der Waals surface area contributed by atoms with Gasteiger partial charge in [0.05, 0.1) is 5.56 Å². The number of hydrogen-bond acceptors (Lipinski definition) is 6. The first-order valence-electron chi connectivity index (χ1n) is 7.35. The number of hydrogen-bond donors (Lipinski definition) is 2. The molecule has 1 aliphatic rings. The Hall–Kier alpha value is -1.81. The van der Waals surface area contributed by atoms with Gasteiger partial charge in [0.2, 0.25) is 0 Å². The van der Waals surface area contributed by atoms with Crippen molar-refractivity contribution >= 4 is 27.3 Å². The topological polar surface area (TPSA) is 99.6 Å². The van der Waals surface area contributed by atoms with Gasteiger partial charge in [0.1, 0.15) is 4.21 Å². The summed E-state index contributed by atoms with van der Waals surface area (Å²) >= 11 is 1.05. The first-order chi connectivity index (χ1) is 11.4. The van der Waals surface area contributed by atoms with Crippen molar-refractivity contribution in [2.24, 2.45) is 0 Å². The van der Waals surface area contributed by atoms with E-state index in [1.54, 1.807) is 24.5 Å². The fraction of sp³-hybridized carbons (Fsp3) is 0.333. The first-order valence-corrected chi connectivity index (χ1v) is 9.60. The lowest BCUT2D eigenvalue weighted by Gasteiger charge is -2.16. The van der Waals surface area contributed by atoms with Crippen molar-refractivity contribution in [2.45, 2.75) is 23.7 Å². The second-order valence-corrected chi connectivity index (χ2v) is 8.87. The second kappa shape index (κ2) is 6.60. The van der Waals surface area contributed by atoms with E-state index in [9.17, 15) is 18.3 Å². The molecule has 0 bridgehead atoms. The minimum Gasteiger partial charge on any atom is -0.478 e. The number of aromatic carboxylic acids is 1. The summed E-state index contributed by atoms with van der Waals surface area (Å²) in [6, 6.07) is 3.51. The highest BCUT2D eigenvalue weighted by Crippen LogP contribution is 2.36. The van der Waals surface area contributed by atoms with Gasteiger partial charge < -0.3 is 10.4 Å². The quantitative estimate of drug-likeness (QED) is 0.827. The summed E-state index contributed by atoms with van der Waals surface area (Å²) in [5, 5.41) is 12.7. The number of carbonyl (C=O) groups is 1. The summed E-state index contributed by atoms with van der Waals surface area (Å²) in [6.45, 7) is 1.28. The van der Waals surface area contributed by atoms with Crippen LogP contribution >= 0.6 is 11.3 Å². The van der Waals surface area contributed by atoms with E-state index in [4.69, 9.17) is 0 Å². The first kappa shape index (κ1) is 17.0. The molecule has 24 heavy (non-hydrogen) atoms. The highest BCUT2D eigenvalue weighted by Gasteiger charge is 2.34. The number of nitrogens with zero attached hydrogens (tertiary/aromatic N) is 2. The molecule has 0 saturated carbocycles. The molecule has 7 nitrogen and oxygen atoms in total. The Labute approximate surface area is 144 Å². The molecule has 2 aromatic heterocycles. The lowest BCUT2D eigenvalue weighted by Crippen LogP contribution is -2.27. The standard InChI is InChI=1S/C15H17N3O4S2/c1-18(9-10-3-2-5-16-7-10)24(21,22)15-13(14(19)20)11-4-6-17-8-12(11)23-15/h2-3,5,7,17H,4,6,8-9H2,1H3,(H,19,20). The van der Waals surface area contributed by atoms with Crippen LogP contribution in [0.2, 0.25) is 0 Å². The Morgan fingerprint density at radius 2 is 2.29 bits per heavy atom. The predicted octanol–water partition coefficient (Wildman–Crippen LogP) is 1.31. The molecule has 3 rings (SSSR count). The van der Waals surface area contributed by atoms with E-state index in [2.05, 4.69) is 10.3 Å². The van der Waals surface area contributed by atoms with Crippen LogP contribution in [-0.4, -0.2) is 42.4 Å². The molecule has 0 aliphatic carbocycles. The lowest BCUT2D eigenvalue weighted by molar-refractivity contribution is 0.0692. The number of thiophene rings is 1. The maximum Gasteiger partial charge on any atom is 0.338 e. The summed E-state index contributed by atoms with van der Waals surface area (Å²) in [4.78, 5) is 16.4. The maximum absolute atomic E-state index is 12.9. The summed E-state index contributed by atoms with van der Waals surface area (Å²) < 4.78 is 26.9. The smallest absolute Gasteiger partial charge is 0.338 e. The maximum atomic E-state index is 12.9. The van der Waals surface area contributed by atoms with Crippen molar-refractivity contribution < 1.29 is 18.3 Å². The fourth-order valence-electron chi connectivity index (χ4n) is 2.68. The minimum absolute atomic E-state index is 0.0745. The van der Waals surface area contributed by atoms with Crippen molar-refractivity contribution in [3.63, 3.8) is 0 Å². The molecule has 0 radical (unpaired) electrons. The molecule has 128 valence electrons. The number of aromatic nitrogens is 1. The molecule has 3 heterocycles. The average molecular weight is 367 g/mol. The zero-order chi connectivity index (χ0) is 17.3. The molecule has 0 atom stereocenters. The van der Waals surface area contributed by atoms with Crippen LogP contribution in [0, 0.1) is 0 Å². The number of nitrogens with one attached hydrogen (secondary N) is 1. The summed E-state index contributed by atoms with van der Waals surface area (Å²) in [6.07, 6.45) is 3.73. The number of carboxylic acid groups (broad SMARTS) is 1. The van der Waals surface area contributed by atoms with Crippen LogP contribution < -0.4 is 5.32 Å². The van der Waals surface area contributed by atoms with Crippen LogP contribution in [0.25, 0.3) is 0 Å². The van der Waals surface area contributed by atoms with E-state index in [1.807, 2.05) is 0 Å². The number of rotatable bonds is 5. The van der Waals surface area contributed by atoms with E-state index < -0.39 is 16.0 Å². The molecule has 0 spiro atoms. The van der Waals surface area contributed by atoms with Crippen LogP contribution in [0.15, 0.2) is 28.7 Å². The third kappa shape index (κ3) is 3.07. The number of fused-ring (bicyclic) bond motifs is 1. The zero-order valence-corrected chi connectivity index (χ0v) is 14.7. The van der Waals surface area contributed by atoms with Gasteiger partial charge in [0.25, 0.3) is 10.0 Å². The van der Waals surface area contributed by atoms with Gasteiger partial charge in [-0.05, 0) is 30.2 Å². The van der Waals surface area contributed by atoms with E-state index >= 15 is 0 Å². The van der Waals surface area contributed by atoms with Gasteiger partial charge >= 0.3 is 5.97 Å². The molecule has 0 unspecified atom stereocenters. The van der Waals surface area contributed by atoms with E-state index in [-0.39, 0.29) is 16.3 Å². The van der Waals surface area contributed by atoms with Gasteiger partial charge in [-0.25, -0.2) is 13.2 Å². The van der Waals surface area contributed by atoms with Crippen LogP contribution in [0.3, 0.4) is 0 Å². The van der Waals surface area contributed by atoms with Gasteiger partial charge in [0, 0.05) is 37.4 Å². The Bertz CT molecular complexity index is 862. The summed E-state index contributed by atoms with van der Waals surface area (Å²) in [5.41, 5.74) is 1.30. The summed E-state index contributed by atoms with van der Waals surface area (Å²) in [5.74, 6) is -1.19. The zero-order valence-electron chi connectivity index (χ0n) is 13.0. The third-order valence-electron chi connectivity index (χ3n) is 3.88. The number of sulfonamides is 1. The molecule has 0 saturated heterocycles. The summed E-state index contributed by atoms with van der Waals surface area (Å²) in [7, 11) is -2.44.